The first kappa shape index (κ1) is 63.1. The Morgan fingerprint density at radius 1 is 0.508 bits per heavy atom. The first-order valence-corrected chi connectivity index (χ1v) is 27.4. The lowest BCUT2D eigenvalue weighted by molar-refractivity contribution is -0.165. The van der Waals surface area contributed by atoms with Crippen molar-refractivity contribution in [3.05, 3.63) is 0 Å². The van der Waals surface area contributed by atoms with Gasteiger partial charge in [0.05, 0.1) is 17.7 Å². The normalized spacial score (nSPS) is 13.6. The zero-order valence-electron chi connectivity index (χ0n) is 44.7. The molecule has 0 saturated heterocycles. The van der Waals surface area contributed by atoms with E-state index in [4.69, 9.17) is 24.7 Å². The zero-order chi connectivity index (χ0) is 48.7. The standard InChI is InChI=1S/C55H109N3O7/c1-11-13-15-17-19-21-23-25-27-29-31-33-35-37-39-41-44-57-50(60)48(63-49(59)42-40-38-36-34-32-30-28-26-24-22-20-18-16-14-12-2)46-58-51(61)64-54(8,9)47-55(10,56)65-53(6,7)43-45-62-52(3,4)5/h48H,11-47,56H2,1-10H3,(H,57,60)(H,58,61). The molecule has 0 aliphatic heterocycles. The second-order valence-corrected chi connectivity index (χ2v) is 21.9. The van der Waals surface area contributed by atoms with E-state index in [-0.39, 0.29) is 25.0 Å². The Labute approximate surface area is 402 Å². The molecule has 0 radical (unpaired) electrons. The zero-order valence-corrected chi connectivity index (χ0v) is 44.7. The highest BCUT2D eigenvalue weighted by molar-refractivity contribution is 5.84. The minimum Gasteiger partial charge on any atom is -0.450 e. The van der Waals surface area contributed by atoms with Gasteiger partial charge in [-0.05, 0) is 74.7 Å². The van der Waals surface area contributed by atoms with Crippen LogP contribution in [0.25, 0.3) is 0 Å². The van der Waals surface area contributed by atoms with Gasteiger partial charge in [0.25, 0.3) is 5.91 Å². The predicted octanol–water partition coefficient (Wildman–Crippen LogP) is 15.1. The van der Waals surface area contributed by atoms with Crippen molar-refractivity contribution in [1.29, 1.82) is 0 Å². The minimum absolute atomic E-state index is 0.193. The van der Waals surface area contributed by atoms with Gasteiger partial charge in [0.2, 0.25) is 0 Å². The van der Waals surface area contributed by atoms with E-state index in [2.05, 4.69) is 24.5 Å². The van der Waals surface area contributed by atoms with Crippen molar-refractivity contribution in [2.45, 2.75) is 316 Å². The number of alkyl carbamates (subject to hydrolysis) is 1. The number of amides is 2. The number of rotatable bonds is 45. The number of esters is 1. The summed E-state index contributed by atoms with van der Waals surface area (Å²) in [6, 6.07) is 0. The van der Waals surface area contributed by atoms with Crippen molar-refractivity contribution in [3.63, 3.8) is 0 Å². The maximum Gasteiger partial charge on any atom is 0.407 e. The fourth-order valence-corrected chi connectivity index (χ4v) is 8.71. The number of nitrogens with two attached hydrogens (primary N) is 1. The van der Waals surface area contributed by atoms with Crippen LogP contribution in [0.3, 0.4) is 0 Å². The Morgan fingerprint density at radius 3 is 1.29 bits per heavy atom. The van der Waals surface area contributed by atoms with Gasteiger partial charge in [-0.1, -0.05) is 200 Å². The Hall–Kier alpha value is -1.91. The summed E-state index contributed by atoms with van der Waals surface area (Å²) in [5, 5.41) is 5.64. The van der Waals surface area contributed by atoms with Crippen LogP contribution in [-0.4, -0.2) is 66.3 Å². The van der Waals surface area contributed by atoms with Gasteiger partial charge < -0.3 is 35.3 Å². The van der Waals surface area contributed by atoms with Gasteiger partial charge in [0.15, 0.2) is 6.10 Å². The topological polar surface area (TPSA) is 138 Å². The van der Waals surface area contributed by atoms with Crippen LogP contribution in [0, 0.1) is 0 Å². The Kier molecular flexibility index (Phi) is 37.8. The highest BCUT2D eigenvalue weighted by Crippen LogP contribution is 2.29. The first-order valence-electron chi connectivity index (χ1n) is 27.4. The molecule has 0 aromatic rings. The van der Waals surface area contributed by atoms with E-state index in [1.165, 1.54) is 161 Å². The monoisotopic (exact) mass is 924 g/mol. The third-order valence-corrected chi connectivity index (χ3v) is 12.2. The summed E-state index contributed by atoms with van der Waals surface area (Å²) in [6.45, 7) is 20.7. The molecule has 0 rings (SSSR count). The lowest BCUT2D eigenvalue weighted by Gasteiger charge is -2.40. The molecule has 2 unspecified atom stereocenters. The average molecular weight is 924 g/mol. The molecule has 65 heavy (non-hydrogen) atoms. The van der Waals surface area contributed by atoms with Crippen LogP contribution < -0.4 is 16.4 Å². The molecule has 0 aliphatic rings. The van der Waals surface area contributed by atoms with E-state index in [0.717, 1.165) is 32.1 Å². The van der Waals surface area contributed by atoms with Crippen LogP contribution in [0.2, 0.25) is 0 Å². The summed E-state index contributed by atoms with van der Waals surface area (Å²) in [7, 11) is 0. The Balaban J connectivity index is 4.83. The molecule has 10 heteroatoms. The van der Waals surface area contributed by atoms with Gasteiger partial charge >= 0.3 is 12.1 Å². The van der Waals surface area contributed by atoms with E-state index < -0.39 is 41.0 Å². The number of ether oxygens (including phenoxy) is 4. The summed E-state index contributed by atoms with van der Waals surface area (Å²) in [5.74, 6) is -0.833. The van der Waals surface area contributed by atoms with Crippen molar-refractivity contribution in [2.24, 2.45) is 5.73 Å². The summed E-state index contributed by atoms with van der Waals surface area (Å²) in [6.07, 6.45) is 38.4. The molecule has 0 aliphatic carbocycles. The van der Waals surface area contributed by atoms with Gasteiger partial charge in [-0.15, -0.1) is 0 Å². The van der Waals surface area contributed by atoms with Gasteiger partial charge in [0, 0.05) is 26.0 Å². The van der Waals surface area contributed by atoms with Crippen LogP contribution in [0.1, 0.15) is 288 Å². The molecule has 0 heterocycles. The second-order valence-electron chi connectivity index (χ2n) is 21.9. The number of hydrogen-bond donors (Lipinski definition) is 3. The molecule has 0 bridgehead atoms. The minimum atomic E-state index is -1.16. The Bertz CT molecular complexity index is 1150. The molecule has 0 spiro atoms. The van der Waals surface area contributed by atoms with E-state index in [1.807, 2.05) is 34.6 Å². The van der Waals surface area contributed by atoms with E-state index >= 15 is 0 Å². The molecule has 2 amide bonds. The van der Waals surface area contributed by atoms with E-state index in [9.17, 15) is 14.4 Å². The van der Waals surface area contributed by atoms with Gasteiger partial charge in [-0.2, -0.15) is 0 Å². The van der Waals surface area contributed by atoms with Crippen molar-refractivity contribution >= 4 is 18.0 Å². The van der Waals surface area contributed by atoms with Gasteiger partial charge in [-0.3, -0.25) is 9.59 Å². The van der Waals surface area contributed by atoms with Crippen LogP contribution in [0.5, 0.6) is 0 Å². The molecular weight excluding hydrogens is 815 g/mol. The molecular formula is C55H109N3O7. The quantitative estimate of drug-likeness (QED) is 0.0312. The maximum atomic E-state index is 13.4. The molecule has 0 saturated carbocycles. The van der Waals surface area contributed by atoms with Crippen LogP contribution in [0.4, 0.5) is 4.79 Å². The largest absolute Gasteiger partial charge is 0.450 e. The molecule has 4 N–H and O–H groups in total. The van der Waals surface area contributed by atoms with Crippen LogP contribution >= 0.6 is 0 Å². The van der Waals surface area contributed by atoms with Crippen LogP contribution in [0.15, 0.2) is 0 Å². The fourth-order valence-electron chi connectivity index (χ4n) is 8.71. The number of carbonyl (C=O) groups excluding carboxylic acids is 3. The molecule has 0 fully saturated rings. The maximum absolute atomic E-state index is 13.4. The number of hydrogen-bond acceptors (Lipinski definition) is 8. The van der Waals surface area contributed by atoms with Crippen molar-refractivity contribution in [3.8, 4) is 0 Å². The Morgan fingerprint density at radius 2 is 0.892 bits per heavy atom. The summed E-state index contributed by atoms with van der Waals surface area (Å²) in [5.41, 5.74) is 3.68. The SMILES string of the molecule is CCCCCCCCCCCCCCCCCCNC(=O)C(CNC(=O)OC(C)(C)CC(C)(N)OC(C)(C)CCOC(C)(C)C)OC(=O)CCCCCCCCCCCCCCCCC. The second kappa shape index (κ2) is 39.0. The first-order chi connectivity index (χ1) is 30.8. The summed E-state index contributed by atoms with van der Waals surface area (Å²) in [4.78, 5) is 39.5. The number of carbonyl (C=O) groups is 3. The fraction of sp³-hybridized carbons (Fsp3) is 0.945. The number of nitrogens with one attached hydrogen (secondary N) is 2. The average Bonchev–Trinajstić information content (AvgIpc) is 3.20. The molecule has 0 aromatic carbocycles. The van der Waals surface area contributed by atoms with Crippen molar-refractivity contribution < 1.29 is 33.3 Å². The predicted molar refractivity (Wildman–Crippen MR) is 273 cm³/mol. The lowest BCUT2D eigenvalue weighted by Crippen LogP contribution is -2.52. The van der Waals surface area contributed by atoms with E-state index in [0.29, 0.717) is 26.0 Å². The summed E-state index contributed by atoms with van der Waals surface area (Å²) >= 11 is 0. The lowest BCUT2D eigenvalue weighted by atomic mass is 9.95. The highest BCUT2D eigenvalue weighted by Gasteiger charge is 2.37. The van der Waals surface area contributed by atoms with Crippen molar-refractivity contribution in [2.75, 3.05) is 19.7 Å². The van der Waals surface area contributed by atoms with Gasteiger partial charge in [0.1, 0.15) is 11.3 Å². The molecule has 2 atom stereocenters. The third-order valence-electron chi connectivity index (χ3n) is 12.2. The van der Waals surface area contributed by atoms with Crippen LogP contribution in [-0.2, 0) is 28.5 Å². The van der Waals surface area contributed by atoms with Gasteiger partial charge in [-0.25, -0.2) is 4.79 Å². The molecule has 386 valence electrons. The smallest absolute Gasteiger partial charge is 0.407 e. The third kappa shape index (κ3) is 43.1. The molecule has 0 aromatic heterocycles. The molecule has 10 nitrogen and oxygen atoms in total. The summed E-state index contributed by atoms with van der Waals surface area (Å²) < 4.78 is 23.7. The highest BCUT2D eigenvalue weighted by atomic mass is 16.6. The van der Waals surface area contributed by atoms with Crippen molar-refractivity contribution in [1.82, 2.24) is 10.6 Å². The number of unbranched alkanes of at least 4 members (excludes halogenated alkanes) is 29. The van der Waals surface area contributed by atoms with E-state index in [1.54, 1.807) is 20.8 Å².